The predicted octanol–water partition coefficient (Wildman–Crippen LogP) is 0.876. The molecule has 0 spiro atoms. The van der Waals surface area contributed by atoms with E-state index in [-0.39, 0.29) is 35.3 Å². The summed E-state index contributed by atoms with van der Waals surface area (Å²) in [6, 6.07) is 11.8. The first-order chi connectivity index (χ1) is 21.8. The molecule has 5 aromatic rings. The monoisotopic (exact) mass is 608 g/mol. The summed E-state index contributed by atoms with van der Waals surface area (Å²) < 4.78 is 10.3. The van der Waals surface area contributed by atoms with E-state index < -0.39 is 28.4 Å². The molecule has 15 heteroatoms. The van der Waals surface area contributed by atoms with Gasteiger partial charge in [0, 0.05) is 18.2 Å². The van der Waals surface area contributed by atoms with Crippen LogP contribution in [0.15, 0.2) is 67.7 Å². The van der Waals surface area contributed by atoms with Crippen LogP contribution in [0.5, 0.6) is 5.75 Å². The number of nitrogens with zero attached hydrogens (tertiary/aromatic N) is 4. The van der Waals surface area contributed by atoms with Gasteiger partial charge in [0.05, 0.1) is 18.3 Å². The number of rotatable bonds is 7. The maximum absolute atomic E-state index is 13.1. The molecule has 1 aliphatic heterocycles. The van der Waals surface area contributed by atoms with Gasteiger partial charge in [0.15, 0.2) is 5.82 Å². The number of carbonyl (C=O) groups is 2. The zero-order valence-electron chi connectivity index (χ0n) is 23.5. The van der Waals surface area contributed by atoms with Crippen LogP contribution in [0, 0.1) is 0 Å². The molecule has 0 saturated heterocycles. The Labute approximate surface area is 252 Å². The Morgan fingerprint density at radius 1 is 1.02 bits per heavy atom. The molecular formula is C30H24N8O7. The van der Waals surface area contributed by atoms with Crippen molar-refractivity contribution in [2.45, 2.75) is 25.4 Å². The number of carbonyl (C=O) groups excluding carboxylic acids is 2. The number of nitrogens with two attached hydrogens (primary N) is 1. The van der Waals surface area contributed by atoms with Gasteiger partial charge in [-0.25, -0.2) is 14.8 Å². The fourth-order valence-electron chi connectivity index (χ4n) is 5.65. The van der Waals surface area contributed by atoms with Crippen molar-refractivity contribution >= 4 is 28.9 Å². The highest BCUT2D eigenvalue weighted by Gasteiger charge is 2.30. The third-order valence-corrected chi connectivity index (χ3v) is 7.90. The second kappa shape index (κ2) is 10.9. The normalized spacial score (nSPS) is 15.3. The lowest BCUT2D eigenvalue weighted by Crippen LogP contribution is -2.43. The predicted molar refractivity (Wildman–Crippen MR) is 159 cm³/mol. The number of aromatic nitrogens is 4. The molecule has 7 rings (SSSR count). The van der Waals surface area contributed by atoms with E-state index in [4.69, 9.17) is 10.5 Å². The summed E-state index contributed by atoms with van der Waals surface area (Å²) in [6.07, 6.45) is 2.52. The average Bonchev–Trinajstić information content (AvgIpc) is 3.69. The van der Waals surface area contributed by atoms with Crippen LogP contribution in [0.25, 0.3) is 11.4 Å². The van der Waals surface area contributed by atoms with E-state index in [1.165, 1.54) is 6.07 Å². The van der Waals surface area contributed by atoms with Crippen LogP contribution in [-0.4, -0.2) is 45.1 Å². The summed E-state index contributed by atoms with van der Waals surface area (Å²) in [5.41, 5.74) is 8.45. The van der Waals surface area contributed by atoms with Gasteiger partial charge in [-0.15, -0.1) is 0 Å². The first-order valence-electron chi connectivity index (χ1n) is 14.0. The van der Waals surface area contributed by atoms with Crippen LogP contribution in [0.4, 0.5) is 17.1 Å². The van der Waals surface area contributed by atoms with E-state index in [0.717, 1.165) is 17.5 Å². The number of anilines is 3. The van der Waals surface area contributed by atoms with E-state index in [0.29, 0.717) is 54.4 Å². The molecule has 2 aliphatic rings. The number of hydrogen-bond donors (Lipinski definition) is 4. The Balaban J connectivity index is 1.01. The standard InChI is InChI=1S/C30H24N8O7/c31-23-24(26(40)25(23)39)38-7-8-44-22-6-1-14(9-21(22)38)12-32-28(41)19-11-20(34-13-33-19)29(42)35-18-5-3-15-10-16(2-4-17(15)18)27-36-30(43)45-37-27/h1-2,4,6,9-11,13,18H,3,5,7-8,12,31H2,(H,32,41)(H,35,42)(H,36,37,43)/t18-/m0/s1. The zero-order chi connectivity index (χ0) is 31.2. The Bertz CT molecular complexity index is 2130. The van der Waals surface area contributed by atoms with Gasteiger partial charge in [-0.3, -0.25) is 28.7 Å². The second-order valence-electron chi connectivity index (χ2n) is 10.6. The Morgan fingerprint density at radius 3 is 2.62 bits per heavy atom. The first-order valence-corrected chi connectivity index (χ1v) is 14.0. The number of nitrogens with one attached hydrogen (secondary N) is 3. The summed E-state index contributed by atoms with van der Waals surface area (Å²) in [5, 5.41) is 9.47. The van der Waals surface area contributed by atoms with Crippen LogP contribution in [0.3, 0.4) is 0 Å². The number of hydrogen-bond acceptors (Lipinski definition) is 12. The quantitative estimate of drug-likeness (QED) is 0.189. The molecule has 2 amide bonds. The number of fused-ring (bicyclic) bond motifs is 2. The molecular weight excluding hydrogens is 584 g/mol. The number of aromatic amines is 1. The van der Waals surface area contributed by atoms with E-state index in [2.05, 4.69) is 35.3 Å². The van der Waals surface area contributed by atoms with Gasteiger partial charge in [-0.1, -0.05) is 23.4 Å². The minimum atomic E-state index is -0.704. The van der Waals surface area contributed by atoms with Crippen LogP contribution in [0.2, 0.25) is 0 Å². The molecule has 1 atom stereocenters. The van der Waals surface area contributed by atoms with Crippen molar-refractivity contribution in [3.05, 3.63) is 108 Å². The number of aryl methyl sites for hydroxylation is 1. The van der Waals surface area contributed by atoms with Crippen molar-refractivity contribution in [1.82, 2.24) is 30.7 Å². The van der Waals surface area contributed by atoms with E-state index in [9.17, 15) is 24.0 Å². The molecule has 2 aromatic heterocycles. The minimum Gasteiger partial charge on any atom is -0.490 e. The number of amides is 2. The molecule has 3 heterocycles. The number of nitrogen functional groups attached to an aromatic ring is 1. The summed E-state index contributed by atoms with van der Waals surface area (Å²) in [6.45, 7) is 0.754. The molecule has 0 unspecified atom stereocenters. The van der Waals surface area contributed by atoms with Crippen LogP contribution in [-0.2, 0) is 13.0 Å². The van der Waals surface area contributed by atoms with Gasteiger partial charge >= 0.3 is 5.76 Å². The lowest BCUT2D eigenvalue weighted by atomic mass is 10.0. The molecule has 15 nitrogen and oxygen atoms in total. The van der Waals surface area contributed by atoms with Gasteiger partial charge in [0.2, 0.25) is 0 Å². The lowest BCUT2D eigenvalue weighted by Gasteiger charge is -2.32. The Hall–Kier alpha value is -6.12. The van der Waals surface area contributed by atoms with Crippen molar-refractivity contribution in [2.75, 3.05) is 23.8 Å². The highest BCUT2D eigenvalue weighted by atomic mass is 16.5. The van der Waals surface area contributed by atoms with Crippen molar-refractivity contribution in [3.63, 3.8) is 0 Å². The number of ether oxygens (including phenoxy) is 1. The summed E-state index contributed by atoms with van der Waals surface area (Å²) >= 11 is 0. The molecule has 0 saturated carbocycles. The van der Waals surface area contributed by atoms with Crippen molar-refractivity contribution in [2.24, 2.45) is 0 Å². The molecule has 5 N–H and O–H groups in total. The smallest absolute Gasteiger partial charge is 0.439 e. The van der Waals surface area contributed by atoms with E-state index in [1.54, 1.807) is 29.2 Å². The van der Waals surface area contributed by atoms with Crippen molar-refractivity contribution in [1.29, 1.82) is 0 Å². The SMILES string of the molecule is Nc1c(N2CCOc3ccc(CNC(=O)c4cc(C(=O)N[C@H]5CCc6cc(-c7noc(=O)[nH]7)ccc65)ncn4)cc32)c(=O)c1=O. The largest absolute Gasteiger partial charge is 0.490 e. The molecule has 0 fully saturated rings. The Morgan fingerprint density at radius 2 is 1.84 bits per heavy atom. The van der Waals surface area contributed by atoms with E-state index >= 15 is 0 Å². The molecule has 0 bridgehead atoms. The molecule has 0 radical (unpaired) electrons. The van der Waals surface area contributed by atoms with Gasteiger partial charge in [0.25, 0.3) is 22.7 Å². The third kappa shape index (κ3) is 4.99. The van der Waals surface area contributed by atoms with Gasteiger partial charge in [-0.2, -0.15) is 0 Å². The first kappa shape index (κ1) is 27.7. The summed E-state index contributed by atoms with van der Waals surface area (Å²) in [5.74, 6) is -0.766. The number of benzene rings is 2. The van der Waals surface area contributed by atoms with Crippen molar-refractivity contribution < 1.29 is 18.8 Å². The maximum Gasteiger partial charge on any atom is 0.439 e. The van der Waals surface area contributed by atoms with Gasteiger partial charge in [-0.05, 0) is 47.7 Å². The van der Waals surface area contributed by atoms with Gasteiger partial charge in [0.1, 0.15) is 41.4 Å². The lowest BCUT2D eigenvalue weighted by molar-refractivity contribution is 0.0931. The molecule has 45 heavy (non-hydrogen) atoms. The minimum absolute atomic E-state index is 0.00708. The van der Waals surface area contributed by atoms with E-state index in [1.807, 2.05) is 12.1 Å². The van der Waals surface area contributed by atoms with Crippen LogP contribution in [0.1, 0.15) is 50.1 Å². The second-order valence-corrected chi connectivity index (χ2v) is 10.6. The summed E-state index contributed by atoms with van der Waals surface area (Å²) in [4.78, 5) is 73.5. The molecule has 1 aliphatic carbocycles. The number of H-pyrrole nitrogens is 1. The van der Waals surface area contributed by atoms with Crippen LogP contribution >= 0.6 is 0 Å². The average molecular weight is 609 g/mol. The fraction of sp³-hybridized carbons (Fsp3) is 0.200. The van der Waals surface area contributed by atoms with Gasteiger partial charge < -0.3 is 26.0 Å². The topological polar surface area (TPSA) is 215 Å². The van der Waals surface area contributed by atoms with Crippen LogP contribution < -0.4 is 42.6 Å². The summed E-state index contributed by atoms with van der Waals surface area (Å²) in [7, 11) is 0. The third-order valence-electron chi connectivity index (χ3n) is 7.90. The molecule has 226 valence electrons. The highest BCUT2D eigenvalue weighted by molar-refractivity contribution is 5.97. The van der Waals surface area contributed by atoms with Crippen molar-refractivity contribution in [3.8, 4) is 17.1 Å². The highest BCUT2D eigenvalue weighted by Crippen LogP contribution is 2.38. The Kier molecular flexibility index (Phi) is 6.68. The maximum atomic E-state index is 13.1. The fourth-order valence-corrected chi connectivity index (χ4v) is 5.65. The zero-order valence-corrected chi connectivity index (χ0v) is 23.5. The molecule has 3 aromatic carbocycles.